The largest absolute Gasteiger partial charge is 0.494 e. The Morgan fingerprint density at radius 1 is 0.921 bits per heavy atom. The molecule has 0 unspecified atom stereocenters. The molecule has 190 valence electrons. The fourth-order valence-corrected chi connectivity index (χ4v) is 5.78. The number of hydrogen-bond donors (Lipinski definition) is 0. The van der Waals surface area contributed by atoms with Crippen molar-refractivity contribution >= 4 is 34.8 Å². The van der Waals surface area contributed by atoms with Gasteiger partial charge in [-0.3, -0.25) is 29.3 Å². The highest BCUT2D eigenvalue weighted by Crippen LogP contribution is 2.58. The monoisotopic (exact) mass is 512 g/mol. The van der Waals surface area contributed by atoms with E-state index in [9.17, 15) is 29.3 Å². The normalized spacial score (nSPS) is 23.2. The third kappa shape index (κ3) is 2.97. The van der Waals surface area contributed by atoms with E-state index >= 15 is 0 Å². The van der Waals surface area contributed by atoms with Crippen LogP contribution in [0.3, 0.4) is 0 Å². The summed E-state index contributed by atoms with van der Waals surface area (Å²) in [6, 6.07) is 16.8. The summed E-state index contributed by atoms with van der Waals surface area (Å²) in [6.07, 6.45) is -1.06. The van der Waals surface area contributed by atoms with E-state index in [1.165, 1.54) is 25.3 Å². The van der Waals surface area contributed by atoms with Crippen molar-refractivity contribution in [2.24, 2.45) is 11.8 Å². The van der Waals surface area contributed by atoms with E-state index < -0.39 is 51.8 Å². The standard InChI is InChI=1S/C28H20N2O8/c1-14-7-9-15(10-8-14)23-21-22(28(38-23)24(31)17-5-3-4-6-18(17)25(28)32)27(34)29(26(21)33)19-12-11-16(30(35)36)13-20(19)37-2/h3-13,21-23H,1-2H3/t21-,22-,23+/m0/s1. The molecule has 38 heavy (non-hydrogen) atoms. The Morgan fingerprint density at radius 3 is 2.13 bits per heavy atom. The lowest BCUT2D eigenvalue weighted by Gasteiger charge is -2.27. The first-order valence-corrected chi connectivity index (χ1v) is 11.8. The van der Waals surface area contributed by atoms with E-state index in [-0.39, 0.29) is 28.3 Å². The van der Waals surface area contributed by atoms with Crippen molar-refractivity contribution in [3.8, 4) is 5.75 Å². The first-order valence-electron chi connectivity index (χ1n) is 11.8. The number of hydrogen-bond acceptors (Lipinski definition) is 8. The van der Waals surface area contributed by atoms with Gasteiger partial charge in [0, 0.05) is 17.2 Å². The van der Waals surface area contributed by atoms with Gasteiger partial charge in [0.2, 0.25) is 29.0 Å². The molecule has 0 saturated carbocycles. The molecule has 0 aromatic heterocycles. The van der Waals surface area contributed by atoms with Crippen LogP contribution in [0.2, 0.25) is 0 Å². The van der Waals surface area contributed by atoms with Crippen LogP contribution >= 0.6 is 0 Å². The Hall–Kier alpha value is -4.70. The van der Waals surface area contributed by atoms with E-state index in [4.69, 9.17) is 9.47 Å². The lowest BCUT2D eigenvalue weighted by molar-refractivity contribution is -0.384. The zero-order chi connectivity index (χ0) is 26.9. The molecule has 1 spiro atoms. The summed E-state index contributed by atoms with van der Waals surface area (Å²) in [5.74, 6) is -5.53. The molecule has 2 fully saturated rings. The fourth-order valence-electron chi connectivity index (χ4n) is 5.78. The Bertz CT molecular complexity index is 1540. The minimum atomic E-state index is -2.21. The molecule has 3 aromatic rings. The molecule has 3 atom stereocenters. The molecule has 2 heterocycles. The molecule has 6 rings (SSSR count). The number of ketones is 2. The van der Waals surface area contributed by atoms with Gasteiger partial charge < -0.3 is 9.47 Å². The topological polar surface area (TPSA) is 133 Å². The molecule has 0 bridgehead atoms. The van der Waals surface area contributed by atoms with Crippen molar-refractivity contribution in [2.45, 2.75) is 18.6 Å². The molecule has 2 amide bonds. The molecule has 0 radical (unpaired) electrons. The van der Waals surface area contributed by atoms with Gasteiger partial charge in [-0.15, -0.1) is 0 Å². The molecule has 3 aliphatic rings. The van der Waals surface area contributed by atoms with Crippen LogP contribution < -0.4 is 9.64 Å². The minimum Gasteiger partial charge on any atom is -0.494 e. The lowest BCUT2D eigenvalue weighted by Crippen LogP contribution is -2.51. The molecule has 3 aromatic carbocycles. The van der Waals surface area contributed by atoms with Gasteiger partial charge in [-0.05, 0) is 18.6 Å². The van der Waals surface area contributed by atoms with Gasteiger partial charge in [-0.2, -0.15) is 0 Å². The number of Topliss-reactive ketones (excluding diaryl/α,β-unsaturated/α-hetero) is 2. The number of ether oxygens (including phenoxy) is 2. The van der Waals surface area contributed by atoms with E-state index in [1.54, 1.807) is 24.3 Å². The Kier molecular flexibility index (Phi) is 5.08. The fraction of sp³-hybridized carbons (Fsp3) is 0.214. The molecule has 10 heteroatoms. The minimum absolute atomic E-state index is 0.0179. The van der Waals surface area contributed by atoms with Crippen molar-refractivity contribution in [1.82, 2.24) is 0 Å². The number of nitro benzene ring substituents is 1. The van der Waals surface area contributed by atoms with E-state index in [2.05, 4.69) is 0 Å². The number of carbonyl (C=O) groups excluding carboxylic acids is 4. The van der Waals surface area contributed by atoms with Crippen LogP contribution in [-0.2, 0) is 14.3 Å². The van der Waals surface area contributed by atoms with Crippen LogP contribution in [0.4, 0.5) is 11.4 Å². The number of aryl methyl sites for hydroxylation is 1. The number of nitro groups is 1. The lowest BCUT2D eigenvalue weighted by atomic mass is 9.77. The summed E-state index contributed by atoms with van der Waals surface area (Å²) in [5, 5.41) is 11.3. The van der Waals surface area contributed by atoms with Gasteiger partial charge in [0.05, 0.1) is 41.7 Å². The van der Waals surface area contributed by atoms with Crippen molar-refractivity contribution in [3.63, 3.8) is 0 Å². The molecule has 2 saturated heterocycles. The van der Waals surface area contributed by atoms with Gasteiger partial charge >= 0.3 is 0 Å². The van der Waals surface area contributed by atoms with Crippen LogP contribution in [-0.4, -0.2) is 41.0 Å². The Balaban J connectivity index is 1.54. The van der Waals surface area contributed by atoms with E-state index in [1.807, 2.05) is 19.1 Å². The summed E-state index contributed by atoms with van der Waals surface area (Å²) in [6.45, 7) is 1.89. The SMILES string of the molecule is COc1cc([N+](=O)[O-])ccc1N1C(=O)[C@@H]2[C@@H](c3ccc(C)cc3)OC3(C(=O)c4ccccc4C3=O)[C@@H]2C1=O. The van der Waals surface area contributed by atoms with Crippen LogP contribution in [0.15, 0.2) is 66.7 Å². The van der Waals surface area contributed by atoms with Crippen LogP contribution in [0, 0.1) is 28.9 Å². The smallest absolute Gasteiger partial charge is 0.273 e. The molecular formula is C28H20N2O8. The maximum atomic E-state index is 14.1. The second-order valence-corrected chi connectivity index (χ2v) is 9.52. The Labute approximate surface area is 215 Å². The van der Waals surface area contributed by atoms with Gasteiger partial charge in [-0.1, -0.05) is 54.1 Å². The van der Waals surface area contributed by atoms with Gasteiger partial charge in [0.1, 0.15) is 5.75 Å². The summed E-state index contributed by atoms with van der Waals surface area (Å²) >= 11 is 0. The molecule has 0 N–H and O–H groups in total. The number of fused-ring (bicyclic) bond motifs is 3. The molecular weight excluding hydrogens is 492 g/mol. The summed E-state index contributed by atoms with van der Waals surface area (Å²) in [7, 11) is 1.26. The first-order chi connectivity index (χ1) is 18.2. The average molecular weight is 512 g/mol. The zero-order valence-corrected chi connectivity index (χ0v) is 20.2. The zero-order valence-electron chi connectivity index (χ0n) is 20.2. The van der Waals surface area contributed by atoms with Crippen molar-refractivity contribution < 1.29 is 33.6 Å². The number of rotatable bonds is 4. The quantitative estimate of drug-likeness (QED) is 0.224. The second kappa shape index (κ2) is 8.15. The number of anilines is 1. The highest BCUT2D eigenvalue weighted by atomic mass is 16.6. The van der Waals surface area contributed by atoms with Gasteiger partial charge in [0.15, 0.2) is 0 Å². The summed E-state index contributed by atoms with van der Waals surface area (Å²) in [5.41, 5.74) is -0.768. The molecule has 2 aliphatic heterocycles. The first kappa shape index (κ1) is 23.7. The van der Waals surface area contributed by atoms with Crippen molar-refractivity contribution in [2.75, 3.05) is 12.0 Å². The average Bonchev–Trinajstić information content (AvgIpc) is 3.48. The summed E-state index contributed by atoms with van der Waals surface area (Å²) < 4.78 is 11.5. The number of imide groups is 1. The Morgan fingerprint density at radius 2 is 1.55 bits per heavy atom. The highest BCUT2D eigenvalue weighted by Gasteiger charge is 2.74. The van der Waals surface area contributed by atoms with Gasteiger partial charge in [-0.25, -0.2) is 4.90 Å². The number of amides is 2. The predicted molar refractivity (Wildman–Crippen MR) is 132 cm³/mol. The predicted octanol–water partition coefficient (Wildman–Crippen LogP) is 3.61. The number of methoxy groups -OCH3 is 1. The van der Waals surface area contributed by atoms with Crippen LogP contribution in [0.1, 0.15) is 37.9 Å². The number of carbonyl (C=O) groups is 4. The summed E-state index contributed by atoms with van der Waals surface area (Å²) in [4.78, 5) is 67.2. The maximum absolute atomic E-state index is 14.1. The van der Waals surface area contributed by atoms with E-state index in [0.29, 0.717) is 5.56 Å². The van der Waals surface area contributed by atoms with Crippen LogP contribution in [0.25, 0.3) is 0 Å². The van der Waals surface area contributed by atoms with Crippen molar-refractivity contribution in [3.05, 3.63) is 99.1 Å². The molecule has 1 aliphatic carbocycles. The van der Waals surface area contributed by atoms with Crippen molar-refractivity contribution in [1.29, 1.82) is 0 Å². The van der Waals surface area contributed by atoms with Gasteiger partial charge in [0.25, 0.3) is 5.69 Å². The number of nitrogens with zero attached hydrogens (tertiary/aromatic N) is 2. The third-order valence-electron chi connectivity index (χ3n) is 7.54. The number of benzene rings is 3. The highest BCUT2D eigenvalue weighted by molar-refractivity contribution is 6.37. The third-order valence-corrected chi connectivity index (χ3v) is 7.54. The molecule has 10 nitrogen and oxygen atoms in total. The maximum Gasteiger partial charge on any atom is 0.273 e. The van der Waals surface area contributed by atoms with E-state index in [0.717, 1.165) is 22.6 Å². The second-order valence-electron chi connectivity index (χ2n) is 9.52. The number of non-ortho nitro benzene ring substituents is 1. The van der Waals surface area contributed by atoms with Crippen LogP contribution in [0.5, 0.6) is 5.75 Å².